The maximum absolute atomic E-state index is 13.1. The van der Waals surface area contributed by atoms with Gasteiger partial charge in [0.25, 0.3) is 0 Å². The molecule has 0 aliphatic carbocycles. The van der Waals surface area contributed by atoms with E-state index >= 15 is 0 Å². The molecule has 3 heteroatoms. The molecular weight excluding hydrogens is 273 g/mol. The van der Waals surface area contributed by atoms with E-state index in [-0.39, 0.29) is 16.9 Å². The Kier molecular flexibility index (Phi) is 5.16. The number of rotatable bonds is 5. The predicted octanol–water partition coefficient (Wildman–Crippen LogP) is 4.68. The van der Waals surface area contributed by atoms with Gasteiger partial charge in [-0.05, 0) is 55.6 Å². The topological polar surface area (TPSA) is 12.0 Å². The van der Waals surface area contributed by atoms with E-state index < -0.39 is 0 Å². The average Bonchev–Trinajstić information content (AvgIpc) is 2.44. The summed E-state index contributed by atoms with van der Waals surface area (Å²) in [5.74, 6) is -0.373. The van der Waals surface area contributed by atoms with E-state index in [1.807, 2.05) is 0 Å². The molecule has 0 fully saturated rings. The van der Waals surface area contributed by atoms with Gasteiger partial charge in [0.1, 0.15) is 5.82 Å². The van der Waals surface area contributed by atoms with Crippen LogP contribution in [0, 0.1) is 12.7 Å². The molecule has 1 nitrogen and oxygen atoms in total. The lowest BCUT2D eigenvalue weighted by atomic mass is 10.0. The molecular formula is C17H19ClFN. The van der Waals surface area contributed by atoms with Gasteiger partial charge in [-0.15, -0.1) is 0 Å². The van der Waals surface area contributed by atoms with Crippen molar-refractivity contribution in [2.75, 3.05) is 6.54 Å². The van der Waals surface area contributed by atoms with Crippen LogP contribution in [0.15, 0.2) is 42.5 Å². The van der Waals surface area contributed by atoms with Crippen molar-refractivity contribution in [2.45, 2.75) is 26.3 Å². The zero-order valence-electron chi connectivity index (χ0n) is 11.8. The van der Waals surface area contributed by atoms with Crippen molar-refractivity contribution in [1.82, 2.24) is 5.32 Å². The number of hydrogen-bond acceptors (Lipinski definition) is 1. The second-order valence-electron chi connectivity index (χ2n) is 5.03. The summed E-state index contributed by atoms with van der Waals surface area (Å²) in [7, 11) is 0. The highest BCUT2D eigenvalue weighted by Gasteiger charge is 2.08. The van der Waals surface area contributed by atoms with Crippen molar-refractivity contribution >= 4 is 11.6 Å². The number of benzene rings is 2. The molecule has 2 aromatic carbocycles. The summed E-state index contributed by atoms with van der Waals surface area (Å²) in [5, 5.41) is 3.62. The van der Waals surface area contributed by atoms with Crippen molar-refractivity contribution in [2.24, 2.45) is 0 Å². The predicted molar refractivity (Wildman–Crippen MR) is 82.7 cm³/mol. The fourth-order valence-corrected chi connectivity index (χ4v) is 2.40. The lowest BCUT2D eigenvalue weighted by molar-refractivity contribution is 0.573. The molecule has 2 rings (SSSR count). The summed E-state index contributed by atoms with van der Waals surface area (Å²) >= 11 is 5.81. The van der Waals surface area contributed by atoms with Crippen molar-refractivity contribution in [3.05, 3.63) is 70.0 Å². The first-order valence-corrected chi connectivity index (χ1v) is 7.18. The van der Waals surface area contributed by atoms with Gasteiger partial charge in [0.2, 0.25) is 0 Å². The van der Waals surface area contributed by atoms with Gasteiger partial charge < -0.3 is 5.32 Å². The summed E-state index contributed by atoms with van der Waals surface area (Å²) in [6.07, 6.45) is 0.978. The SMILES string of the molecule is Cc1ccccc1CCNC(C)c1ccc(F)c(Cl)c1. The summed E-state index contributed by atoms with van der Waals surface area (Å²) < 4.78 is 13.1. The van der Waals surface area contributed by atoms with Crippen LogP contribution < -0.4 is 5.32 Å². The highest BCUT2D eigenvalue weighted by atomic mass is 35.5. The highest BCUT2D eigenvalue weighted by Crippen LogP contribution is 2.20. The zero-order valence-corrected chi connectivity index (χ0v) is 12.5. The van der Waals surface area contributed by atoms with Crippen LogP contribution in [0.25, 0.3) is 0 Å². The molecule has 0 saturated heterocycles. The fraction of sp³-hybridized carbons (Fsp3) is 0.294. The quantitative estimate of drug-likeness (QED) is 0.843. The van der Waals surface area contributed by atoms with Crippen LogP contribution in [-0.2, 0) is 6.42 Å². The largest absolute Gasteiger partial charge is 0.310 e. The lowest BCUT2D eigenvalue weighted by Gasteiger charge is -2.15. The summed E-state index contributed by atoms with van der Waals surface area (Å²) in [6.45, 7) is 5.06. The standard InChI is InChI=1S/C17H19ClFN/c1-12-5-3-4-6-14(12)9-10-20-13(2)15-7-8-17(19)16(18)11-15/h3-8,11,13,20H,9-10H2,1-2H3. The van der Waals surface area contributed by atoms with Gasteiger partial charge in [-0.2, -0.15) is 0 Å². The summed E-state index contributed by atoms with van der Waals surface area (Å²) in [4.78, 5) is 0. The Hall–Kier alpha value is -1.38. The Morgan fingerprint density at radius 1 is 1.20 bits per heavy atom. The van der Waals surface area contributed by atoms with E-state index in [0.29, 0.717) is 0 Å². The van der Waals surface area contributed by atoms with E-state index in [2.05, 4.69) is 43.4 Å². The van der Waals surface area contributed by atoms with Crippen molar-refractivity contribution in [3.8, 4) is 0 Å². The first kappa shape index (κ1) is 15.0. The first-order valence-electron chi connectivity index (χ1n) is 6.81. The Bertz CT molecular complexity index is 583. The van der Waals surface area contributed by atoms with Gasteiger partial charge in [0.05, 0.1) is 5.02 Å². The van der Waals surface area contributed by atoms with Crippen molar-refractivity contribution < 1.29 is 4.39 Å². The number of nitrogens with one attached hydrogen (secondary N) is 1. The molecule has 0 heterocycles. The van der Waals surface area contributed by atoms with Crippen molar-refractivity contribution in [3.63, 3.8) is 0 Å². The Morgan fingerprint density at radius 2 is 1.95 bits per heavy atom. The van der Waals surface area contributed by atoms with Crippen LogP contribution >= 0.6 is 11.6 Å². The molecule has 0 spiro atoms. The molecule has 0 amide bonds. The molecule has 1 atom stereocenters. The maximum Gasteiger partial charge on any atom is 0.141 e. The van der Waals surface area contributed by atoms with Gasteiger partial charge in [-0.3, -0.25) is 0 Å². The Morgan fingerprint density at radius 3 is 2.65 bits per heavy atom. The lowest BCUT2D eigenvalue weighted by Crippen LogP contribution is -2.21. The average molecular weight is 292 g/mol. The molecule has 0 radical (unpaired) electrons. The summed E-state index contributed by atoms with van der Waals surface area (Å²) in [5.41, 5.74) is 3.66. The second kappa shape index (κ2) is 6.87. The van der Waals surface area contributed by atoms with Gasteiger partial charge in [0.15, 0.2) is 0 Å². The third-order valence-electron chi connectivity index (χ3n) is 3.55. The minimum atomic E-state index is -0.373. The van der Waals surface area contributed by atoms with Crippen LogP contribution in [0.3, 0.4) is 0 Å². The molecule has 0 saturated carbocycles. The zero-order chi connectivity index (χ0) is 14.5. The summed E-state index contributed by atoms with van der Waals surface area (Å²) in [6, 6.07) is 13.4. The van der Waals surface area contributed by atoms with Crippen LogP contribution in [0.1, 0.15) is 29.7 Å². The van der Waals surface area contributed by atoms with E-state index in [0.717, 1.165) is 18.5 Å². The van der Waals surface area contributed by atoms with Crippen LogP contribution in [0.2, 0.25) is 5.02 Å². The monoisotopic (exact) mass is 291 g/mol. The highest BCUT2D eigenvalue weighted by molar-refractivity contribution is 6.30. The second-order valence-corrected chi connectivity index (χ2v) is 5.43. The third kappa shape index (κ3) is 3.81. The molecule has 2 aromatic rings. The van der Waals surface area contributed by atoms with E-state index in [1.54, 1.807) is 12.1 Å². The van der Waals surface area contributed by atoms with Gasteiger partial charge in [-0.1, -0.05) is 41.9 Å². The minimum Gasteiger partial charge on any atom is -0.310 e. The minimum absolute atomic E-state index is 0.150. The molecule has 20 heavy (non-hydrogen) atoms. The molecule has 0 bridgehead atoms. The fourth-order valence-electron chi connectivity index (χ4n) is 2.21. The molecule has 0 aliphatic heterocycles. The first-order chi connectivity index (χ1) is 9.58. The third-order valence-corrected chi connectivity index (χ3v) is 3.84. The molecule has 106 valence electrons. The normalized spacial score (nSPS) is 12.4. The van der Waals surface area contributed by atoms with Crippen LogP contribution in [0.4, 0.5) is 4.39 Å². The Balaban J connectivity index is 1.90. The van der Waals surface area contributed by atoms with E-state index in [4.69, 9.17) is 11.6 Å². The van der Waals surface area contributed by atoms with E-state index in [1.165, 1.54) is 17.2 Å². The van der Waals surface area contributed by atoms with Crippen molar-refractivity contribution in [1.29, 1.82) is 0 Å². The number of aryl methyl sites for hydroxylation is 1. The van der Waals surface area contributed by atoms with Gasteiger partial charge in [-0.25, -0.2) is 4.39 Å². The van der Waals surface area contributed by atoms with Crippen LogP contribution in [0.5, 0.6) is 0 Å². The van der Waals surface area contributed by atoms with E-state index in [9.17, 15) is 4.39 Å². The number of hydrogen-bond donors (Lipinski definition) is 1. The Labute approximate surface area is 124 Å². The van der Waals surface area contributed by atoms with Crippen LogP contribution in [-0.4, -0.2) is 6.54 Å². The molecule has 1 N–H and O–H groups in total. The molecule has 0 aromatic heterocycles. The number of halogens is 2. The van der Waals surface area contributed by atoms with Gasteiger partial charge >= 0.3 is 0 Å². The maximum atomic E-state index is 13.1. The smallest absolute Gasteiger partial charge is 0.141 e. The molecule has 0 aliphatic rings. The van der Waals surface area contributed by atoms with Gasteiger partial charge in [0, 0.05) is 6.04 Å². The molecule has 1 unspecified atom stereocenters.